The summed E-state index contributed by atoms with van der Waals surface area (Å²) in [4.78, 5) is 10.5. The summed E-state index contributed by atoms with van der Waals surface area (Å²) in [6.45, 7) is 6.20. The fourth-order valence-electron chi connectivity index (χ4n) is 1.67. The minimum Gasteiger partial charge on any atom is -0.303 e. The Hall–Kier alpha value is -1.37. The number of aldehydes is 1. The second-order valence-electron chi connectivity index (χ2n) is 3.85. The van der Waals surface area contributed by atoms with Crippen LogP contribution in [0.5, 0.6) is 0 Å². The van der Waals surface area contributed by atoms with Crippen molar-refractivity contribution < 1.29 is 4.79 Å². The number of rotatable bonds is 6. The van der Waals surface area contributed by atoms with Crippen LogP contribution < -0.4 is 0 Å². The smallest absolute Gasteiger partial charge is 0.120 e. The number of hydrogen-bond acceptors (Lipinski definition) is 1. The van der Waals surface area contributed by atoms with Gasteiger partial charge in [-0.1, -0.05) is 50.3 Å². The van der Waals surface area contributed by atoms with Crippen LogP contribution in [0.2, 0.25) is 0 Å². The van der Waals surface area contributed by atoms with Gasteiger partial charge in [-0.25, -0.2) is 0 Å². The van der Waals surface area contributed by atoms with E-state index in [0.717, 1.165) is 24.7 Å². The summed E-state index contributed by atoms with van der Waals surface area (Å²) >= 11 is 0. The molecule has 80 valence electrons. The van der Waals surface area contributed by atoms with Gasteiger partial charge in [0.05, 0.1) is 0 Å². The molecule has 0 aromatic heterocycles. The number of allylic oxidation sites excluding steroid dienone is 1. The second-order valence-corrected chi connectivity index (χ2v) is 3.85. The lowest BCUT2D eigenvalue weighted by atomic mass is 9.92. The molecule has 1 heteroatoms. The molecule has 1 aromatic carbocycles. The third-order valence-corrected chi connectivity index (χ3v) is 2.72. The second kappa shape index (κ2) is 6.18. The maximum Gasteiger partial charge on any atom is 0.120 e. The molecule has 1 aromatic rings. The van der Waals surface area contributed by atoms with Gasteiger partial charge in [0, 0.05) is 6.42 Å². The molecule has 0 heterocycles. The SMILES string of the molecule is C=C(CC(CC)CC=O)c1ccccc1. The van der Waals surface area contributed by atoms with Crippen LogP contribution in [0.4, 0.5) is 0 Å². The highest BCUT2D eigenvalue weighted by Gasteiger charge is 2.08. The summed E-state index contributed by atoms with van der Waals surface area (Å²) in [5.41, 5.74) is 2.31. The highest BCUT2D eigenvalue weighted by atomic mass is 16.1. The third-order valence-electron chi connectivity index (χ3n) is 2.72. The van der Waals surface area contributed by atoms with E-state index in [4.69, 9.17) is 0 Å². The van der Waals surface area contributed by atoms with E-state index >= 15 is 0 Å². The van der Waals surface area contributed by atoms with Crippen LogP contribution in [-0.4, -0.2) is 6.29 Å². The molecule has 1 atom stereocenters. The van der Waals surface area contributed by atoms with Crippen molar-refractivity contribution in [1.82, 2.24) is 0 Å². The van der Waals surface area contributed by atoms with E-state index in [-0.39, 0.29) is 0 Å². The molecule has 0 aliphatic rings. The fourth-order valence-corrected chi connectivity index (χ4v) is 1.67. The van der Waals surface area contributed by atoms with Crippen LogP contribution in [-0.2, 0) is 4.79 Å². The quantitative estimate of drug-likeness (QED) is 0.643. The minimum absolute atomic E-state index is 0.440. The summed E-state index contributed by atoms with van der Waals surface area (Å²) in [6.07, 6.45) is 3.60. The summed E-state index contributed by atoms with van der Waals surface area (Å²) in [7, 11) is 0. The van der Waals surface area contributed by atoms with Crippen molar-refractivity contribution in [3.8, 4) is 0 Å². The summed E-state index contributed by atoms with van der Waals surface area (Å²) in [5, 5.41) is 0. The molecule has 0 aliphatic heterocycles. The van der Waals surface area contributed by atoms with Gasteiger partial charge < -0.3 is 4.79 Å². The van der Waals surface area contributed by atoms with Crippen molar-refractivity contribution in [2.45, 2.75) is 26.2 Å². The highest BCUT2D eigenvalue weighted by Crippen LogP contribution is 2.23. The van der Waals surface area contributed by atoms with Crippen LogP contribution in [0.1, 0.15) is 31.7 Å². The lowest BCUT2D eigenvalue weighted by Crippen LogP contribution is -2.00. The number of carbonyl (C=O) groups excluding carboxylic acids is 1. The Balaban J connectivity index is 2.58. The molecule has 0 radical (unpaired) electrons. The van der Waals surface area contributed by atoms with Gasteiger partial charge in [-0.15, -0.1) is 0 Å². The van der Waals surface area contributed by atoms with E-state index in [2.05, 4.69) is 25.6 Å². The van der Waals surface area contributed by atoms with E-state index in [1.165, 1.54) is 5.56 Å². The van der Waals surface area contributed by atoms with Gasteiger partial charge in [0.25, 0.3) is 0 Å². The van der Waals surface area contributed by atoms with Gasteiger partial charge in [0.2, 0.25) is 0 Å². The van der Waals surface area contributed by atoms with Crippen LogP contribution in [0.3, 0.4) is 0 Å². The molecule has 0 bridgehead atoms. The zero-order chi connectivity index (χ0) is 11.1. The Labute approximate surface area is 91.8 Å². The van der Waals surface area contributed by atoms with Gasteiger partial charge in [0.15, 0.2) is 0 Å². The van der Waals surface area contributed by atoms with Gasteiger partial charge in [-0.3, -0.25) is 0 Å². The van der Waals surface area contributed by atoms with Crippen LogP contribution in [0, 0.1) is 5.92 Å². The zero-order valence-corrected chi connectivity index (χ0v) is 9.28. The Morgan fingerprint density at radius 2 is 2.07 bits per heavy atom. The average Bonchev–Trinajstić information content (AvgIpc) is 2.29. The van der Waals surface area contributed by atoms with Crippen molar-refractivity contribution >= 4 is 11.9 Å². The third kappa shape index (κ3) is 3.70. The van der Waals surface area contributed by atoms with E-state index in [9.17, 15) is 4.79 Å². The number of benzene rings is 1. The van der Waals surface area contributed by atoms with Gasteiger partial charge >= 0.3 is 0 Å². The fraction of sp³-hybridized carbons (Fsp3) is 0.357. The van der Waals surface area contributed by atoms with E-state index < -0.39 is 0 Å². The van der Waals surface area contributed by atoms with Crippen LogP contribution in [0.15, 0.2) is 36.9 Å². The highest BCUT2D eigenvalue weighted by molar-refractivity contribution is 5.63. The molecule has 0 N–H and O–H groups in total. The predicted molar refractivity (Wildman–Crippen MR) is 64.6 cm³/mol. The summed E-state index contributed by atoms with van der Waals surface area (Å²) in [5.74, 6) is 0.440. The number of carbonyl (C=O) groups is 1. The number of hydrogen-bond donors (Lipinski definition) is 0. The van der Waals surface area contributed by atoms with Crippen molar-refractivity contribution in [3.05, 3.63) is 42.5 Å². The normalized spacial score (nSPS) is 12.1. The molecule has 1 unspecified atom stereocenters. The first-order chi connectivity index (χ1) is 7.27. The maximum atomic E-state index is 10.5. The molecular formula is C14H18O. The molecule has 0 saturated carbocycles. The Morgan fingerprint density at radius 3 is 2.60 bits per heavy atom. The van der Waals surface area contributed by atoms with E-state index in [1.807, 2.05) is 18.2 Å². The minimum atomic E-state index is 0.440. The van der Waals surface area contributed by atoms with Crippen molar-refractivity contribution in [2.75, 3.05) is 0 Å². The first-order valence-electron chi connectivity index (χ1n) is 5.44. The predicted octanol–water partition coefficient (Wildman–Crippen LogP) is 3.71. The Bertz CT molecular complexity index is 313. The molecular weight excluding hydrogens is 184 g/mol. The first-order valence-corrected chi connectivity index (χ1v) is 5.44. The molecule has 1 rings (SSSR count). The molecule has 0 saturated heterocycles. The van der Waals surface area contributed by atoms with Gasteiger partial charge in [-0.05, 0) is 23.5 Å². The lowest BCUT2D eigenvalue weighted by Gasteiger charge is -2.13. The van der Waals surface area contributed by atoms with Crippen LogP contribution >= 0.6 is 0 Å². The molecule has 1 nitrogen and oxygen atoms in total. The molecule has 15 heavy (non-hydrogen) atoms. The monoisotopic (exact) mass is 202 g/mol. The van der Waals surface area contributed by atoms with Crippen LogP contribution in [0.25, 0.3) is 5.57 Å². The Morgan fingerprint density at radius 1 is 1.40 bits per heavy atom. The van der Waals surface area contributed by atoms with Gasteiger partial charge in [-0.2, -0.15) is 0 Å². The molecule has 0 fully saturated rings. The lowest BCUT2D eigenvalue weighted by molar-refractivity contribution is -0.108. The standard InChI is InChI=1S/C14H18O/c1-3-13(9-10-15)11-12(2)14-7-5-4-6-8-14/h4-8,10,13H,2-3,9,11H2,1H3. The van der Waals surface area contributed by atoms with Gasteiger partial charge in [0.1, 0.15) is 6.29 Å². The van der Waals surface area contributed by atoms with Crippen molar-refractivity contribution in [1.29, 1.82) is 0 Å². The molecule has 0 aliphatic carbocycles. The summed E-state index contributed by atoms with van der Waals surface area (Å²) < 4.78 is 0. The summed E-state index contributed by atoms with van der Waals surface area (Å²) in [6, 6.07) is 10.2. The average molecular weight is 202 g/mol. The largest absolute Gasteiger partial charge is 0.303 e. The first kappa shape index (κ1) is 11.7. The molecule has 0 amide bonds. The van der Waals surface area contributed by atoms with E-state index in [0.29, 0.717) is 12.3 Å². The topological polar surface area (TPSA) is 17.1 Å². The zero-order valence-electron chi connectivity index (χ0n) is 9.28. The Kier molecular flexibility index (Phi) is 4.82. The van der Waals surface area contributed by atoms with Crippen molar-refractivity contribution in [2.24, 2.45) is 5.92 Å². The maximum absolute atomic E-state index is 10.5. The van der Waals surface area contributed by atoms with E-state index in [1.54, 1.807) is 0 Å². The van der Waals surface area contributed by atoms with Crippen molar-refractivity contribution in [3.63, 3.8) is 0 Å². The molecule has 0 spiro atoms.